The Morgan fingerprint density at radius 2 is 2.50 bits per heavy atom. The first-order chi connectivity index (χ1) is 7.70. The highest BCUT2D eigenvalue weighted by molar-refractivity contribution is 5.41. The van der Waals surface area contributed by atoms with Gasteiger partial charge in [-0.25, -0.2) is 0 Å². The van der Waals surface area contributed by atoms with Crippen molar-refractivity contribution in [1.82, 2.24) is 10.2 Å². The highest BCUT2D eigenvalue weighted by Gasteiger charge is 2.29. The van der Waals surface area contributed by atoms with Gasteiger partial charge in [-0.3, -0.25) is 15.2 Å². The van der Waals surface area contributed by atoms with Crippen molar-refractivity contribution in [2.75, 3.05) is 0 Å². The molecule has 0 saturated heterocycles. The summed E-state index contributed by atoms with van der Waals surface area (Å²) in [7, 11) is 0. The maximum Gasteiger partial charge on any atom is 0.316 e. The normalized spacial score (nSPS) is 20.2. The fraction of sp³-hybridized carbons (Fsp3) is 0.500. The summed E-state index contributed by atoms with van der Waals surface area (Å²) in [5.41, 5.74) is 0.908. The van der Waals surface area contributed by atoms with Crippen LogP contribution in [0.2, 0.25) is 0 Å². The number of hydrogen-bond donors (Lipinski definition) is 1. The van der Waals surface area contributed by atoms with Crippen molar-refractivity contribution in [2.45, 2.75) is 32.3 Å². The van der Waals surface area contributed by atoms with Crippen molar-refractivity contribution in [3.8, 4) is 0 Å². The summed E-state index contributed by atoms with van der Waals surface area (Å²) in [6.45, 7) is 1.64. The third-order valence-electron chi connectivity index (χ3n) is 2.61. The number of rotatable bonds is 2. The number of nitro groups is 1. The van der Waals surface area contributed by atoms with E-state index in [9.17, 15) is 10.1 Å². The molecule has 1 aromatic heterocycles. The molecule has 86 valence electrons. The number of allylic oxidation sites excluding steroid dienone is 1. The van der Waals surface area contributed by atoms with Gasteiger partial charge in [0.05, 0.1) is 11.2 Å². The molecule has 2 heterocycles. The van der Waals surface area contributed by atoms with Crippen LogP contribution in [0, 0.1) is 17.0 Å². The molecule has 6 heteroatoms. The molecule has 0 aromatic carbocycles. The third-order valence-corrected chi connectivity index (χ3v) is 2.61. The minimum atomic E-state index is -0.411. The summed E-state index contributed by atoms with van der Waals surface area (Å²) in [5.74, 6) is 0. The van der Waals surface area contributed by atoms with Crippen molar-refractivity contribution in [3.63, 3.8) is 0 Å². The third kappa shape index (κ3) is 1.91. The molecule has 1 N–H and O–H groups in total. The van der Waals surface area contributed by atoms with Gasteiger partial charge in [0.2, 0.25) is 0 Å². The first-order valence-electron chi connectivity index (χ1n) is 5.20. The second kappa shape index (κ2) is 4.34. The largest absolute Gasteiger partial charge is 0.492 e. The van der Waals surface area contributed by atoms with E-state index in [1.54, 1.807) is 13.2 Å². The van der Waals surface area contributed by atoms with Gasteiger partial charge in [-0.2, -0.15) is 5.10 Å². The lowest BCUT2D eigenvalue weighted by atomic mass is 10.1. The minimum Gasteiger partial charge on any atom is -0.492 e. The zero-order valence-corrected chi connectivity index (χ0v) is 8.97. The lowest BCUT2D eigenvalue weighted by Crippen LogP contribution is -2.04. The maximum absolute atomic E-state index is 10.9. The maximum atomic E-state index is 10.9. The van der Waals surface area contributed by atoms with Crippen LogP contribution < -0.4 is 0 Å². The average molecular weight is 223 g/mol. The summed E-state index contributed by atoms with van der Waals surface area (Å²) in [6.07, 6.45) is 5.84. The number of aromatic nitrogens is 2. The molecular formula is C10H13N3O3. The summed E-state index contributed by atoms with van der Waals surface area (Å²) < 4.78 is 5.43. The number of aryl methyl sites for hydroxylation is 1. The van der Waals surface area contributed by atoms with Crippen LogP contribution in [-0.2, 0) is 4.74 Å². The Morgan fingerprint density at radius 3 is 3.25 bits per heavy atom. The molecule has 0 amide bonds. The lowest BCUT2D eigenvalue weighted by Gasteiger charge is -2.11. The van der Waals surface area contributed by atoms with Crippen molar-refractivity contribution < 1.29 is 9.66 Å². The standard InChI is InChI=1S/C10H13N3O3/c1-7-10(13(14)15)9(12-11-7)8-5-3-2-4-6-16-8/h4,6,8H,2-3,5H2,1H3,(H,11,12). The molecule has 0 saturated carbocycles. The molecule has 1 unspecified atom stereocenters. The number of hydrogen-bond acceptors (Lipinski definition) is 4. The summed E-state index contributed by atoms with van der Waals surface area (Å²) >= 11 is 0. The van der Waals surface area contributed by atoms with Crippen LogP contribution in [0.3, 0.4) is 0 Å². The second-order valence-electron chi connectivity index (χ2n) is 3.77. The highest BCUT2D eigenvalue weighted by Crippen LogP contribution is 2.32. The van der Waals surface area contributed by atoms with Crippen molar-refractivity contribution in [1.29, 1.82) is 0 Å². The van der Waals surface area contributed by atoms with Gasteiger partial charge in [0.25, 0.3) is 0 Å². The first-order valence-corrected chi connectivity index (χ1v) is 5.20. The zero-order valence-electron chi connectivity index (χ0n) is 8.97. The number of aromatic amines is 1. The molecule has 16 heavy (non-hydrogen) atoms. The Hall–Kier alpha value is -1.85. The number of nitrogens with zero attached hydrogens (tertiary/aromatic N) is 2. The average Bonchev–Trinajstić information content (AvgIpc) is 2.50. The molecule has 1 aliphatic heterocycles. The van der Waals surface area contributed by atoms with Crippen LogP contribution in [0.15, 0.2) is 12.3 Å². The van der Waals surface area contributed by atoms with Gasteiger partial charge in [-0.1, -0.05) is 0 Å². The number of nitrogens with one attached hydrogen (secondary N) is 1. The van der Waals surface area contributed by atoms with E-state index in [1.165, 1.54) is 0 Å². The molecule has 0 fully saturated rings. The SMILES string of the molecule is Cc1[nH]nc(C2CCCC=CO2)c1[N+](=O)[O-]. The molecule has 0 bridgehead atoms. The smallest absolute Gasteiger partial charge is 0.316 e. The first kappa shape index (κ1) is 10.7. The Bertz CT molecular complexity index is 425. The van der Waals surface area contributed by atoms with Gasteiger partial charge in [-0.15, -0.1) is 0 Å². The van der Waals surface area contributed by atoms with Crippen molar-refractivity contribution >= 4 is 5.69 Å². The molecule has 2 rings (SSSR count). The van der Waals surface area contributed by atoms with Crippen LogP contribution >= 0.6 is 0 Å². The second-order valence-corrected chi connectivity index (χ2v) is 3.77. The van der Waals surface area contributed by atoms with Crippen molar-refractivity contribution in [3.05, 3.63) is 33.8 Å². The quantitative estimate of drug-likeness (QED) is 0.616. The predicted molar refractivity (Wildman–Crippen MR) is 56.8 cm³/mol. The van der Waals surface area contributed by atoms with E-state index in [0.717, 1.165) is 19.3 Å². The number of H-pyrrole nitrogens is 1. The Kier molecular flexibility index (Phi) is 2.89. The fourth-order valence-electron chi connectivity index (χ4n) is 1.81. The molecule has 6 nitrogen and oxygen atoms in total. The molecule has 0 aliphatic carbocycles. The molecule has 1 aromatic rings. The van der Waals surface area contributed by atoms with Crippen LogP contribution in [0.1, 0.15) is 36.8 Å². The fourth-order valence-corrected chi connectivity index (χ4v) is 1.81. The van der Waals surface area contributed by atoms with Gasteiger partial charge < -0.3 is 4.74 Å². The van der Waals surface area contributed by atoms with Crippen LogP contribution in [0.5, 0.6) is 0 Å². The minimum absolute atomic E-state index is 0.0419. The van der Waals surface area contributed by atoms with E-state index in [-0.39, 0.29) is 11.8 Å². The molecule has 1 atom stereocenters. The van der Waals surface area contributed by atoms with Gasteiger partial charge >= 0.3 is 5.69 Å². The van der Waals surface area contributed by atoms with E-state index >= 15 is 0 Å². The lowest BCUT2D eigenvalue weighted by molar-refractivity contribution is -0.386. The van der Waals surface area contributed by atoms with Crippen LogP contribution in [0.25, 0.3) is 0 Å². The molecule has 1 aliphatic rings. The van der Waals surface area contributed by atoms with Gasteiger partial charge in [0.15, 0.2) is 5.69 Å². The van der Waals surface area contributed by atoms with E-state index in [4.69, 9.17) is 4.74 Å². The Morgan fingerprint density at radius 1 is 1.69 bits per heavy atom. The number of ether oxygens (including phenoxy) is 1. The molecule has 0 radical (unpaired) electrons. The Balaban J connectivity index is 2.32. The molecule has 0 spiro atoms. The summed E-state index contributed by atoms with van der Waals surface area (Å²) in [5, 5.41) is 17.5. The Labute approximate surface area is 92.5 Å². The van der Waals surface area contributed by atoms with E-state index < -0.39 is 4.92 Å². The summed E-state index contributed by atoms with van der Waals surface area (Å²) in [4.78, 5) is 10.5. The predicted octanol–water partition coefficient (Wildman–Crippen LogP) is 2.38. The highest BCUT2D eigenvalue weighted by atomic mass is 16.6. The van der Waals surface area contributed by atoms with E-state index in [0.29, 0.717) is 11.4 Å². The van der Waals surface area contributed by atoms with E-state index in [1.807, 2.05) is 6.08 Å². The topological polar surface area (TPSA) is 81.0 Å². The van der Waals surface area contributed by atoms with Crippen LogP contribution in [0.4, 0.5) is 5.69 Å². The summed E-state index contributed by atoms with van der Waals surface area (Å²) in [6, 6.07) is 0. The van der Waals surface area contributed by atoms with Gasteiger partial charge in [-0.05, 0) is 32.3 Å². The monoisotopic (exact) mass is 223 g/mol. The van der Waals surface area contributed by atoms with Gasteiger partial charge in [0.1, 0.15) is 11.8 Å². The van der Waals surface area contributed by atoms with E-state index in [2.05, 4.69) is 10.2 Å². The van der Waals surface area contributed by atoms with Crippen LogP contribution in [-0.4, -0.2) is 15.1 Å². The van der Waals surface area contributed by atoms with Gasteiger partial charge in [0, 0.05) is 0 Å². The zero-order chi connectivity index (χ0) is 11.5. The van der Waals surface area contributed by atoms with Crippen molar-refractivity contribution in [2.24, 2.45) is 0 Å². The molecular weight excluding hydrogens is 210 g/mol.